The molecule has 0 spiro atoms. The standard InChI is InChI=1S/C16H20ClN3/c1-10-6-11(2)14(12(3)7-10)9-15(20-18)13-4-5-19-16(17)8-13/h4-8,15,20H,9,18H2,1-3H3. The van der Waals surface area contributed by atoms with Crippen molar-refractivity contribution in [1.29, 1.82) is 0 Å². The van der Waals surface area contributed by atoms with Gasteiger partial charge in [0, 0.05) is 6.20 Å². The Balaban J connectivity index is 2.32. The number of hydrazine groups is 1. The number of nitrogens with one attached hydrogen (secondary N) is 1. The number of rotatable bonds is 4. The van der Waals surface area contributed by atoms with Gasteiger partial charge in [-0.25, -0.2) is 4.98 Å². The summed E-state index contributed by atoms with van der Waals surface area (Å²) in [7, 11) is 0. The summed E-state index contributed by atoms with van der Waals surface area (Å²) in [5, 5.41) is 0.486. The molecule has 2 aromatic rings. The van der Waals surface area contributed by atoms with E-state index in [2.05, 4.69) is 43.3 Å². The number of hydrogen-bond acceptors (Lipinski definition) is 3. The lowest BCUT2D eigenvalue weighted by molar-refractivity contribution is 0.549. The third-order valence-electron chi connectivity index (χ3n) is 3.60. The minimum Gasteiger partial charge on any atom is -0.271 e. The highest BCUT2D eigenvalue weighted by Crippen LogP contribution is 2.24. The first kappa shape index (κ1) is 15.0. The molecule has 0 aliphatic rings. The zero-order valence-electron chi connectivity index (χ0n) is 12.1. The fraction of sp³-hybridized carbons (Fsp3) is 0.312. The second-order valence-electron chi connectivity index (χ2n) is 5.21. The Morgan fingerprint density at radius 2 is 1.85 bits per heavy atom. The van der Waals surface area contributed by atoms with Crippen LogP contribution < -0.4 is 11.3 Å². The van der Waals surface area contributed by atoms with Crippen LogP contribution in [0.4, 0.5) is 0 Å². The molecule has 1 aromatic carbocycles. The molecular weight excluding hydrogens is 270 g/mol. The van der Waals surface area contributed by atoms with Gasteiger partial charge in [-0.3, -0.25) is 11.3 Å². The van der Waals surface area contributed by atoms with Crippen LogP contribution in [0.1, 0.15) is 33.9 Å². The van der Waals surface area contributed by atoms with Crippen molar-refractivity contribution in [3.8, 4) is 0 Å². The van der Waals surface area contributed by atoms with Gasteiger partial charge in [-0.05, 0) is 61.6 Å². The molecule has 1 atom stereocenters. The van der Waals surface area contributed by atoms with Crippen LogP contribution in [-0.4, -0.2) is 4.98 Å². The van der Waals surface area contributed by atoms with Gasteiger partial charge < -0.3 is 0 Å². The van der Waals surface area contributed by atoms with Gasteiger partial charge in [-0.1, -0.05) is 29.3 Å². The van der Waals surface area contributed by atoms with Crippen LogP contribution in [0.15, 0.2) is 30.5 Å². The summed E-state index contributed by atoms with van der Waals surface area (Å²) in [4.78, 5) is 4.01. The van der Waals surface area contributed by atoms with E-state index in [9.17, 15) is 0 Å². The van der Waals surface area contributed by atoms with Crippen LogP contribution in [0.25, 0.3) is 0 Å². The maximum atomic E-state index is 5.95. The summed E-state index contributed by atoms with van der Waals surface area (Å²) >= 11 is 5.95. The lowest BCUT2D eigenvalue weighted by Crippen LogP contribution is -2.30. The number of pyridine rings is 1. The van der Waals surface area contributed by atoms with Crippen molar-refractivity contribution in [1.82, 2.24) is 10.4 Å². The SMILES string of the molecule is Cc1cc(C)c(CC(NN)c2ccnc(Cl)c2)c(C)c1. The van der Waals surface area contributed by atoms with E-state index in [4.69, 9.17) is 17.4 Å². The molecular formula is C16H20ClN3. The molecule has 0 amide bonds. The molecule has 20 heavy (non-hydrogen) atoms. The first-order chi connectivity index (χ1) is 9.51. The number of nitrogens with zero attached hydrogens (tertiary/aromatic N) is 1. The number of benzene rings is 1. The van der Waals surface area contributed by atoms with Crippen LogP contribution in [0, 0.1) is 20.8 Å². The van der Waals surface area contributed by atoms with Crippen molar-refractivity contribution in [3.63, 3.8) is 0 Å². The first-order valence-corrected chi connectivity index (χ1v) is 7.03. The van der Waals surface area contributed by atoms with Crippen molar-refractivity contribution in [2.45, 2.75) is 33.2 Å². The molecule has 1 heterocycles. The van der Waals surface area contributed by atoms with Crippen LogP contribution in [0.2, 0.25) is 5.15 Å². The molecule has 2 rings (SSSR count). The molecule has 106 valence electrons. The van der Waals surface area contributed by atoms with Crippen molar-refractivity contribution >= 4 is 11.6 Å². The Morgan fingerprint density at radius 3 is 2.40 bits per heavy atom. The maximum absolute atomic E-state index is 5.95. The van der Waals surface area contributed by atoms with E-state index in [1.54, 1.807) is 6.20 Å². The number of aryl methyl sites for hydroxylation is 3. The van der Waals surface area contributed by atoms with E-state index in [0.29, 0.717) is 5.15 Å². The van der Waals surface area contributed by atoms with E-state index in [1.165, 1.54) is 22.3 Å². The quantitative estimate of drug-likeness (QED) is 0.515. The predicted octanol–water partition coefficient (Wildman–Crippen LogP) is 3.41. The Bertz CT molecular complexity index is 587. The van der Waals surface area contributed by atoms with E-state index >= 15 is 0 Å². The molecule has 0 aliphatic carbocycles. The van der Waals surface area contributed by atoms with Gasteiger partial charge in [0.05, 0.1) is 6.04 Å². The average Bonchev–Trinajstić information content (AvgIpc) is 2.38. The Hall–Kier alpha value is -1.42. The molecule has 0 radical (unpaired) electrons. The molecule has 1 aromatic heterocycles. The summed E-state index contributed by atoms with van der Waals surface area (Å²) in [5.41, 5.74) is 9.12. The lowest BCUT2D eigenvalue weighted by Gasteiger charge is -2.20. The Labute approximate surface area is 125 Å². The Morgan fingerprint density at radius 1 is 1.20 bits per heavy atom. The number of nitrogens with two attached hydrogens (primary N) is 1. The third-order valence-corrected chi connectivity index (χ3v) is 3.81. The molecule has 0 bridgehead atoms. The molecule has 0 saturated heterocycles. The predicted molar refractivity (Wildman–Crippen MR) is 83.7 cm³/mol. The number of aromatic nitrogens is 1. The number of hydrogen-bond donors (Lipinski definition) is 2. The van der Waals surface area contributed by atoms with Gasteiger partial charge in [0.15, 0.2) is 0 Å². The number of halogens is 1. The van der Waals surface area contributed by atoms with Crippen LogP contribution in [0.3, 0.4) is 0 Å². The smallest absolute Gasteiger partial charge is 0.129 e. The van der Waals surface area contributed by atoms with Gasteiger partial charge in [0.25, 0.3) is 0 Å². The van der Waals surface area contributed by atoms with Crippen LogP contribution >= 0.6 is 11.6 Å². The fourth-order valence-electron chi connectivity index (χ4n) is 2.64. The summed E-state index contributed by atoms with van der Waals surface area (Å²) in [6, 6.07) is 8.22. The summed E-state index contributed by atoms with van der Waals surface area (Å²) < 4.78 is 0. The first-order valence-electron chi connectivity index (χ1n) is 6.65. The van der Waals surface area contributed by atoms with Gasteiger partial charge >= 0.3 is 0 Å². The van der Waals surface area contributed by atoms with Crippen molar-refractivity contribution in [2.75, 3.05) is 0 Å². The van der Waals surface area contributed by atoms with E-state index in [1.807, 2.05) is 12.1 Å². The maximum Gasteiger partial charge on any atom is 0.129 e. The summed E-state index contributed by atoms with van der Waals surface area (Å²) in [6.45, 7) is 6.40. The molecule has 0 aliphatic heterocycles. The fourth-order valence-corrected chi connectivity index (χ4v) is 2.83. The van der Waals surface area contributed by atoms with Crippen LogP contribution in [-0.2, 0) is 6.42 Å². The summed E-state index contributed by atoms with van der Waals surface area (Å²) in [5.74, 6) is 5.72. The third kappa shape index (κ3) is 3.37. The second kappa shape index (κ2) is 6.35. The Kier molecular flexibility index (Phi) is 4.76. The summed E-state index contributed by atoms with van der Waals surface area (Å²) in [6.07, 6.45) is 2.53. The highest BCUT2D eigenvalue weighted by Gasteiger charge is 2.14. The molecule has 4 heteroatoms. The highest BCUT2D eigenvalue weighted by atomic mass is 35.5. The highest BCUT2D eigenvalue weighted by molar-refractivity contribution is 6.29. The second-order valence-corrected chi connectivity index (χ2v) is 5.60. The van der Waals surface area contributed by atoms with Crippen LogP contribution in [0.5, 0.6) is 0 Å². The monoisotopic (exact) mass is 289 g/mol. The van der Waals surface area contributed by atoms with Crippen molar-refractivity contribution < 1.29 is 0 Å². The van der Waals surface area contributed by atoms with Gasteiger partial charge in [-0.15, -0.1) is 0 Å². The minimum atomic E-state index is 0.0237. The lowest BCUT2D eigenvalue weighted by atomic mass is 9.92. The molecule has 0 saturated carbocycles. The topological polar surface area (TPSA) is 50.9 Å². The largest absolute Gasteiger partial charge is 0.271 e. The van der Waals surface area contributed by atoms with Gasteiger partial charge in [-0.2, -0.15) is 0 Å². The molecule has 1 unspecified atom stereocenters. The molecule has 3 N–H and O–H groups in total. The van der Waals surface area contributed by atoms with E-state index in [-0.39, 0.29) is 6.04 Å². The zero-order chi connectivity index (χ0) is 14.7. The van der Waals surface area contributed by atoms with Gasteiger partial charge in [0.2, 0.25) is 0 Å². The van der Waals surface area contributed by atoms with Crippen molar-refractivity contribution in [2.24, 2.45) is 5.84 Å². The zero-order valence-corrected chi connectivity index (χ0v) is 12.8. The van der Waals surface area contributed by atoms with Gasteiger partial charge in [0.1, 0.15) is 5.15 Å². The molecule has 3 nitrogen and oxygen atoms in total. The van der Waals surface area contributed by atoms with E-state index < -0.39 is 0 Å². The van der Waals surface area contributed by atoms with E-state index in [0.717, 1.165) is 12.0 Å². The molecule has 0 fully saturated rings. The van der Waals surface area contributed by atoms with Crippen molar-refractivity contribution in [3.05, 3.63) is 63.4 Å². The minimum absolute atomic E-state index is 0.0237. The normalized spacial score (nSPS) is 12.4. The average molecular weight is 290 g/mol.